The number of fused-ring (bicyclic) bond motifs is 2. The molecule has 3 amide bonds. The van der Waals surface area contributed by atoms with Crippen LogP contribution in [0, 0.1) is 0 Å². The van der Waals surface area contributed by atoms with Crippen LogP contribution in [0.1, 0.15) is 28.7 Å². The van der Waals surface area contributed by atoms with Gasteiger partial charge in [-0.1, -0.05) is 30.3 Å². The number of aromatic nitrogens is 2. The predicted octanol–water partition coefficient (Wildman–Crippen LogP) is 2.10. The number of hydrogen-bond acceptors (Lipinski definition) is 8. The van der Waals surface area contributed by atoms with E-state index in [-0.39, 0.29) is 11.7 Å². The lowest BCUT2D eigenvalue weighted by molar-refractivity contribution is -0.130. The zero-order chi connectivity index (χ0) is 26.2. The first-order chi connectivity index (χ1) is 17.9. The van der Waals surface area contributed by atoms with Gasteiger partial charge in [-0.25, -0.2) is 9.97 Å². The Morgan fingerprint density at radius 3 is 2.11 bits per heavy atom. The van der Waals surface area contributed by atoms with Crippen LogP contribution >= 0.6 is 23.5 Å². The molecular weight excluding hydrogens is 510 g/mol. The molecule has 3 atom stereocenters. The number of para-hydroxylation sites is 2. The molecule has 0 bridgehead atoms. The zero-order valence-corrected chi connectivity index (χ0v) is 21.8. The summed E-state index contributed by atoms with van der Waals surface area (Å²) in [5, 5.41) is 8.12. The van der Waals surface area contributed by atoms with Crippen LogP contribution in [0.4, 0.5) is 0 Å². The maximum Gasteiger partial charge on any atom is 0.251 e. The number of aldehydes is 1. The summed E-state index contributed by atoms with van der Waals surface area (Å²) < 4.78 is 0. The third kappa shape index (κ3) is 7.07. The fraction of sp³-hybridized carbons (Fsp3) is 0.308. The number of nitrogens with one attached hydrogen (secondary N) is 3. The van der Waals surface area contributed by atoms with Gasteiger partial charge in [0.1, 0.15) is 18.4 Å². The van der Waals surface area contributed by atoms with Crippen molar-refractivity contribution in [1.82, 2.24) is 25.9 Å². The summed E-state index contributed by atoms with van der Waals surface area (Å²) in [5.74, 6) is 0.241. The van der Waals surface area contributed by atoms with Crippen LogP contribution in [0.5, 0.6) is 0 Å². The summed E-state index contributed by atoms with van der Waals surface area (Å²) in [6.07, 6.45) is 0.684. The number of amides is 3. The Morgan fingerprint density at radius 2 is 1.49 bits per heavy atom. The van der Waals surface area contributed by atoms with Crippen molar-refractivity contribution in [2.45, 2.75) is 36.6 Å². The number of thioether (sulfide) groups is 2. The third-order valence-electron chi connectivity index (χ3n) is 5.69. The van der Waals surface area contributed by atoms with Crippen molar-refractivity contribution in [2.24, 2.45) is 0 Å². The molecule has 9 nitrogen and oxygen atoms in total. The molecule has 2 heterocycles. The highest BCUT2D eigenvalue weighted by Crippen LogP contribution is 2.22. The van der Waals surface area contributed by atoms with E-state index in [1.807, 2.05) is 24.3 Å². The minimum atomic E-state index is -0.897. The summed E-state index contributed by atoms with van der Waals surface area (Å²) in [4.78, 5) is 59.8. The van der Waals surface area contributed by atoms with Crippen LogP contribution in [0.15, 0.2) is 54.6 Å². The molecule has 4 rings (SSSR count). The van der Waals surface area contributed by atoms with Gasteiger partial charge in [0.15, 0.2) is 0 Å². The van der Waals surface area contributed by atoms with Gasteiger partial charge in [-0.15, -0.1) is 0 Å². The van der Waals surface area contributed by atoms with Crippen LogP contribution in [0.25, 0.3) is 11.0 Å². The highest BCUT2D eigenvalue weighted by molar-refractivity contribution is 7.98. The van der Waals surface area contributed by atoms with Crippen molar-refractivity contribution in [2.75, 3.05) is 11.5 Å². The van der Waals surface area contributed by atoms with Crippen LogP contribution in [0.3, 0.4) is 0 Å². The molecule has 11 heteroatoms. The maximum absolute atomic E-state index is 13.1. The van der Waals surface area contributed by atoms with Crippen LogP contribution in [0.2, 0.25) is 0 Å². The van der Waals surface area contributed by atoms with Gasteiger partial charge < -0.3 is 20.7 Å². The summed E-state index contributed by atoms with van der Waals surface area (Å²) in [6, 6.07) is 13.7. The fourth-order valence-corrected chi connectivity index (χ4v) is 5.65. The minimum absolute atomic E-state index is 0.261. The van der Waals surface area contributed by atoms with Crippen LogP contribution in [-0.2, 0) is 25.9 Å². The van der Waals surface area contributed by atoms with Crippen molar-refractivity contribution in [1.29, 1.82) is 0 Å². The van der Waals surface area contributed by atoms with E-state index in [1.54, 1.807) is 37.3 Å². The molecule has 3 N–H and O–H groups in total. The van der Waals surface area contributed by atoms with Crippen molar-refractivity contribution >= 4 is 58.6 Å². The van der Waals surface area contributed by atoms with Gasteiger partial charge in [0, 0.05) is 28.6 Å². The fourth-order valence-electron chi connectivity index (χ4n) is 3.68. The lowest BCUT2D eigenvalue weighted by atomic mass is 10.2. The van der Waals surface area contributed by atoms with Gasteiger partial charge in [0.05, 0.1) is 28.5 Å². The SMILES string of the molecule is C[C@@H]1NC(=O)C(NC(=O)c2ccccc2)CSCc2nc3ccccc3nc2CSCC(C=O)NC1=O. The third-order valence-corrected chi connectivity index (χ3v) is 7.81. The topological polar surface area (TPSA) is 130 Å². The van der Waals surface area contributed by atoms with Gasteiger partial charge in [-0.05, 0) is 31.2 Å². The Labute approximate surface area is 223 Å². The number of carbonyl (C=O) groups is 4. The van der Waals surface area contributed by atoms with E-state index in [9.17, 15) is 19.2 Å². The Hall–Kier alpha value is -3.44. The normalized spacial score (nSPS) is 21.5. The van der Waals surface area contributed by atoms with E-state index in [2.05, 4.69) is 16.0 Å². The zero-order valence-electron chi connectivity index (χ0n) is 20.2. The first-order valence-corrected chi connectivity index (χ1v) is 14.1. The Kier molecular flexibility index (Phi) is 9.13. The van der Waals surface area contributed by atoms with Gasteiger partial charge in [0.2, 0.25) is 11.8 Å². The Morgan fingerprint density at radius 1 is 0.892 bits per heavy atom. The van der Waals surface area contributed by atoms with Crippen LogP contribution in [-0.4, -0.2) is 63.6 Å². The van der Waals surface area contributed by atoms with Gasteiger partial charge in [0.25, 0.3) is 5.91 Å². The molecule has 1 aromatic heterocycles. The Bertz CT molecular complexity index is 1290. The molecule has 0 spiro atoms. The van der Waals surface area contributed by atoms with Crippen molar-refractivity contribution in [3.8, 4) is 0 Å². The first-order valence-electron chi connectivity index (χ1n) is 11.8. The predicted molar refractivity (Wildman–Crippen MR) is 145 cm³/mol. The number of nitrogens with zero attached hydrogens (tertiary/aromatic N) is 2. The molecule has 1 aliphatic heterocycles. The van der Waals surface area contributed by atoms with Gasteiger partial charge in [-0.3, -0.25) is 14.4 Å². The number of hydrogen-bond donors (Lipinski definition) is 3. The number of rotatable bonds is 3. The van der Waals surface area contributed by atoms with E-state index in [0.717, 1.165) is 22.4 Å². The molecule has 0 saturated heterocycles. The second-order valence-electron chi connectivity index (χ2n) is 8.51. The standard InChI is InChI=1S/C26H27N5O4S2/c1-16-24(33)28-18(11-32)12-36-13-21-22(30-20-10-6-5-9-19(20)29-21)14-37-15-23(26(35)27-16)31-25(34)17-7-3-2-4-8-17/h2-11,16,18,23H,12-15H2,1H3,(H,27,35)(H,28,33)(H,31,34)/t16-,18?,23?/m0/s1. The molecule has 37 heavy (non-hydrogen) atoms. The monoisotopic (exact) mass is 537 g/mol. The lowest BCUT2D eigenvalue weighted by Gasteiger charge is -2.22. The van der Waals surface area contributed by atoms with E-state index in [4.69, 9.17) is 9.97 Å². The van der Waals surface area contributed by atoms with Gasteiger partial charge in [-0.2, -0.15) is 23.5 Å². The second kappa shape index (κ2) is 12.7. The smallest absolute Gasteiger partial charge is 0.251 e. The average molecular weight is 538 g/mol. The molecule has 0 radical (unpaired) electrons. The molecule has 2 unspecified atom stereocenters. The van der Waals surface area contributed by atoms with Crippen molar-refractivity contribution in [3.05, 3.63) is 71.5 Å². The first kappa shape index (κ1) is 26.6. The largest absolute Gasteiger partial charge is 0.344 e. The molecule has 0 saturated carbocycles. The Balaban J connectivity index is 1.61. The van der Waals surface area contributed by atoms with Crippen LogP contribution < -0.4 is 16.0 Å². The summed E-state index contributed by atoms with van der Waals surface area (Å²) in [6.45, 7) is 1.54. The van der Waals surface area contributed by atoms with E-state index < -0.39 is 29.9 Å². The van der Waals surface area contributed by atoms with Crippen molar-refractivity contribution in [3.63, 3.8) is 0 Å². The quantitative estimate of drug-likeness (QED) is 0.433. The highest BCUT2D eigenvalue weighted by atomic mass is 32.2. The number of benzene rings is 2. The molecule has 3 aromatic rings. The summed E-state index contributed by atoms with van der Waals surface area (Å²) in [5.41, 5.74) is 3.52. The highest BCUT2D eigenvalue weighted by Gasteiger charge is 2.26. The molecule has 192 valence electrons. The summed E-state index contributed by atoms with van der Waals surface area (Å²) in [7, 11) is 0. The van der Waals surface area contributed by atoms with E-state index in [0.29, 0.717) is 29.1 Å². The molecule has 2 aromatic carbocycles. The minimum Gasteiger partial charge on any atom is -0.344 e. The maximum atomic E-state index is 13.1. The molecule has 1 aliphatic rings. The second-order valence-corrected chi connectivity index (χ2v) is 10.6. The average Bonchev–Trinajstić information content (AvgIpc) is 2.91. The van der Waals surface area contributed by atoms with E-state index >= 15 is 0 Å². The van der Waals surface area contributed by atoms with Gasteiger partial charge >= 0.3 is 0 Å². The molecule has 0 aliphatic carbocycles. The molecular formula is C26H27N5O4S2. The lowest BCUT2D eigenvalue weighted by Crippen LogP contribution is -2.55. The van der Waals surface area contributed by atoms with E-state index in [1.165, 1.54) is 23.5 Å². The van der Waals surface area contributed by atoms with Crippen molar-refractivity contribution < 1.29 is 19.2 Å². The summed E-state index contributed by atoms with van der Waals surface area (Å²) >= 11 is 2.93. The molecule has 0 fully saturated rings. The number of carbonyl (C=O) groups excluding carboxylic acids is 4.